The van der Waals surface area contributed by atoms with Gasteiger partial charge in [-0.2, -0.15) is 0 Å². The molecular weight excluding hydrogens is 355 g/mol. The Hall–Kier alpha value is -3.16. The van der Waals surface area contributed by atoms with E-state index in [0.29, 0.717) is 24.7 Å². The van der Waals surface area contributed by atoms with E-state index in [9.17, 15) is 19.3 Å². The summed E-state index contributed by atoms with van der Waals surface area (Å²) >= 11 is 0. The predicted octanol–water partition coefficient (Wildman–Crippen LogP) is 4.02. The highest BCUT2D eigenvalue weighted by atomic mass is 19.1. The zero-order chi connectivity index (χ0) is 20.0. The van der Waals surface area contributed by atoms with Crippen LogP contribution < -0.4 is 14.8 Å². The number of hydrogen-bond acceptors (Lipinski definition) is 5. The third kappa shape index (κ3) is 4.93. The summed E-state index contributed by atoms with van der Waals surface area (Å²) in [7, 11) is 0. The highest BCUT2D eigenvalue weighted by Gasteiger charge is 2.19. The second-order valence-electron chi connectivity index (χ2n) is 5.69. The van der Waals surface area contributed by atoms with E-state index >= 15 is 0 Å². The molecule has 0 fully saturated rings. The maximum atomic E-state index is 14.0. The first-order valence-corrected chi connectivity index (χ1v) is 8.51. The lowest BCUT2D eigenvalue weighted by molar-refractivity contribution is -0.385. The molecule has 0 aliphatic heterocycles. The average Bonchev–Trinajstić information content (AvgIpc) is 2.63. The van der Waals surface area contributed by atoms with Crippen LogP contribution in [-0.2, 0) is 0 Å². The molecule has 2 aromatic carbocycles. The highest BCUT2D eigenvalue weighted by Crippen LogP contribution is 2.31. The first-order chi connectivity index (χ1) is 12.9. The lowest BCUT2D eigenvalue weighted by atomic mass is 10.1. The van der Waals surface area contributed by atoms with Gasteiger partial charge in [-0.3, -0.25) is 14.9 Å². The summed E-state index contributed by atoms with van der Waals surface area (Å²) < 4.78 is 25.1. The van der Waals surface area contributed by atoms with Gasteiger partial charge in [0.25, 0.3) is 11.6 Å². The first kappa shape index (κ1) is 20.2. The number of carbonyl (C=O) groups is 1. The second kappa shape index (κ2) is 8.98. The molecule has 0 aliphatic rings. The minimum absolute atomic E-state index is 0.261. The molecule has 2 aromatic rings. The van der Waals surface area contributed by atoms with Gasteiger partial charge >= 0.3 is 0 Å². The average molecular weight is 376 g/mol. The number of nitro groups is 1. The first-order valence-electron chi connectivity index (χ1n) is 8.51. The van der Waals surface area contributed by atoms with Crippen molar-refractivity contribution in [1.29, 1.82) is 0 Å². The number of rotatable bonds is 8. The molecule has 0 bridgehead atoms. The topological polar surface area (TPSA) is 90.7 Å². The zero-order valence-electron chi connectivity index (χ0n) is 15.3. The van der Waals surface area contributed by atoms with Crippen LogP contribution in [0.3, 0.4) is 0 Å². The molecule has 0 saturated carbocycles. The number of nitrogens with one attached hydrogen (secondary N) is 1. The van der Waals surface area contributed by atoms with Gasteiger partial charge in [0.15, 0.2) is 11.5 Å². The Bertz CT molecular complexity index is 841. The fraction of sp³-hybridized carbons (Fsp3) is 0.316. The van der Waals surface area contributed by atoms with E-state index in [-0.39, 0.29) is 5.56 Å². The van der Waals surface area contributed by atoms with Crippen LogP contribution in [0.15, 0.2) is 36.4 Å². The van der Waals surface area contributed by atoms with Gasteiger partial charge in [0.1, 0.15) is 5.82 Å². The van der Waals surface area contributed by atoms with Crippen LogP contribution >= 0.6 is 0 Å². The predicted molar refractivity (Wildman–Crippen MR) is 97.7 cm³/mol. The number of carbonyl (C=O) groups excluding carboxylic acids is 1. The Balaban J connectivity index is 2.18. The van der Waals surface area contributed by atoms with Crippen LogP contribution in [0.4, 0.5) is 10.1 Å². The summed E-state index contributed by atoms with van der Waals surface area (Å²) in [4.78, 5) is 22.3. The minimum Gasteiger partial charge on any atom is -0.490 e. The summed E-state index contributed by atoms with van der Waals surface area (Å²) in [6, 6.07) is 7.76. The summed E-state index contributed by atoms with van der Waals surface area (Å²) in [5.74, 6) is -0.458. The Morgan fingerprint density at radius 3 is 2.41 bits per heavy atom. The molecule has 0 spiro atoms. The van der Waals surface area contributed by atoms with Crippen LogP contribution in [0.25, 0.3) is 0 Å². The second-order valence-corrected chi connectivity index (χ2v) is 5.69. The standard InChI is InChI=1S/C19H21FN2O5/c1-4-26-17-9-6-13(10-18(17)27-5-2)12(3)21-19(23)15-8-7-14(22(24)25)11-16(15)20/h6-12H,4-5H2,1-3H3,(H,21,23). The number of hydrogen-bond donors (Lipinski definition) is 1. The molecule has 1 unspecified atom stereocenters. The van der Waals surface area contributed by atoms with Gasteiger partial charge in [0.05, 0.1) is 35.8 Å². The number of amides is 1. The molecule has 0 heterocycles. The molecule has 7 nitrogen and oxygen atoms in total. The highest BCUT2D eigenvalue weighted by molar-refractivity contribution is 5.95. The van der Waals surface area contributed by atoms with Crippen molar-refractivity contribution in [3.8, 4) is 11.5 Å². The normalized spacial score (nSPS) is 11.6. The molecule has 27 heavy (non-hydrogen) atoms. The largest absolute Gasteiger partial charge is 0.490 e. The van der Waals surface area contributed by atoms with E-state index in [0.717, 1.165) is 23.8 Å². The Labute approximate surface area is 156 Å². The molecule has 144 valence electrons. The van der Waals surface area contributed by atoms with Gasteiger partial charge in [0, 0.05) is 6.07 Å². The molecule has 8 heteroatoms. The number of nitrogens with zero attached hydrogens (tertiary/aromatic N) is 1. The fourth-order valence-corrected chi connectivity index (χ4v) is 2.50. The van der Waals surface area contributed by atoms with E-state index in [1.807, 2.05) is 13.8 Å². The zero-order valence-corrected chi connectivity index (χ0v) is 15.3. The molecular formula is C19H21FN2O5. The molecule has 1 N–H and O–H groups in total. The lowest BCUT2D eigenvalue weighted by Crippen LogP contribution is -2.27. The van der Waals surface area contributed by atoms with Gasteiger partial charge in [-0.05, 0) is 44.5 Å². The Morgan fingerprint density at radius 1 is 1.15 bits per heavy atom. The van der Waals surface area contributed by atoms with Crippen LogP contribution in [-0.4, -0.2) is 24.0 Å². The summed E-state index contributed by atoms with van der Waals surface area (Å²) in [6.45, 7) is 6.41. The van der Waals surface area contributed by atoms with Crippen molar-refractivity contribution in [2.45, 2.75) is 26.8 Å². The van der Waals surface area contributed by atoms with Crippen molar-refractivity contribution >= 4 is 11.6 Å². The van der Waals surface area contributed by atoms with Crippen LogP contribution in [0.1, 0.15) is 42.7 Å². The number of ether oxygens (including phenoxy) is 2. The van der Waals surface area contributed by atoms with Gasteiger partial charge < -0.3 is 14.8 Å². The van der Waals surface area contributed by atoms with Crippen LogP contribution in [0.5, 0.6) is 11.5 Å². The van der Waals surface area contributed by atoms with Crippen molar-refractivity contribution in [3.63, 3.8) is 0 Å². The van der Waals surface area contributed by atoms with Gasteiger partial charge in [-0.15, -0.1) is 0 Å². The maximum absolute atomic E-state index is 14.0. The van der Waals surface area contributed by atoms with Crippen LogP contribution in [0, 0.1) is 15.9 Å². The number of nitro benzene ring substituents is 1. The number of non-ortho nitro benzene ring substituents is 1. The number of benzene rings is 2. The van der Waals surface area contributed by atoms with Crippen molar-refractivity contribution in [1.82, 2.24) is 5.32 Å². The molecule has 2 rings (SSSR count). The van der Waals surface area contributed by atoms with Crippen molar-refractivity contribution in [2.24, 2.45) is 0 Å². The lowest BCUT2D eigenvalue weighted by Gasteiger charge is -2.17. The third-order valence-electron chi connectivity index (χ3n) is 3.82. The summed E-state index contributed by atoms with van der Waals surface area (Å²) in [5, 5.41) is 13.4. The van der Waals surface area contributed by atoms with E-state index < -0.39 is 28.4 Å². The smallest absolute Gasteiger partial charge is 0.272 e. The van der Waals surface area contributed by atoms with E-state index in [2.05, 4.69) is 5.32 Å². The van der Waals surface area contributed by atoms with Crippen molar-refractivity contribution in [3.05, 3.63) is 63.5 Å². The van der Waals surface area contributed by atoms with Crippen molar-refractivity contribution in [2.75, 3.05) is 13.2 Å². The monoisotopic (exact) mass is 376 g/mol. The Morgan fingerprint density at radius 2 is 1.81 bits per heavy atom. The number of halogens is 1. The quantitative estimate of drug-likeness (QED) is 0.555. The minimum atomic E-state index is -0.949. The summed E-state index contributed by atoms with van der Waals surface area (Å²) in [6.07, 6.45) is 0. The van der Waals surface area contributed by atoms with E-state index in [4.69, 9.17) is 9.47 Å². The maximum Gasteiger partial charge on any atom is 0.272 e. The van der Waals surface area contributed by atoms with E-state index in [1.165, 1.54) is 0 Å². The molecule has 1 atom stereocenters. The summed E-state index contributed by atoms with van der Waals surface area (Å²) in [5.41, 5.74) is 0.0750. The molecule has 0 saturated heterocycles. The molecule has 0 aliphatic carbocycles. The van der Waals surface area contributed by atoms with E-state index in [1.54, 1.807) is 25.1 Å². The van der Waals surface area contributed by atoms with Crippen LogP contribution in [0.2, 0.25) is 0 Å². The molecule has 1 amide bonds. The Kier molecular flexibility index (Phi) is 6.70. The molecule has 0 radical (unpaired) electrons. The SMILES string of the molecule is CCOc1ccc(C(C)NC(=O)c2ccc([N+](=O)[O-])cc2F)cc1OCC. The fourth-order valence-electron chi connectivity index (χ4n) is 2.50. The van der Waals surface area contributed by atoms with Crippen molar-refractivity contribution < 1.29 is 23.6 Å². The third-order valence-corrected chi connectivity index (χ3v) is 3.82. The van der Waals surface area contributed by atoms with Gasteiger partial charge in [-0.25, -0.2) is 4.39 Å². The molecule has 0 aromatic heterocycles. The van der Waals surface area contributed by atoms with Gasteiger partial charge in [-0.1, -0.05) is 6.07 Å². The van der Waals surface area contributed by atoms with Gasteiger partial charge in [0.2, 0.25) is 0 Å².